The van der Waals surface area contributed by atoms with E-state index in [4.69, 9.17) is 0 Å². The molecule has 138 valence electrons. The highest BCUT2D eigenvalue weighted by atomic mass is 16.3. The summed E-state index contributed by atoms with van der Waals surface area (Å²) < 4.78 is 0. The van der Waals surface area contributed by atoms with Crippen LogP contribution in [0.2, 0.25) is 0 Å². The van der Waals surface area contributed by atoms with Crippen LogP contribution in [0.5, 0.6) is 5.75 Å². The van der Waals surface area contributed by atoms with Gasteiger partial charge in [-0.2, -0.15) is 0 Å². The SMILES string of the molecule is C/C=C1/NC2=C(C(=O)CC(C)(C)C2)C(c2ccc(O)cc2)N(C)/C1=C/C. The van der Waals surface area contributed by atoms with Crippen LogP contribution >= 0.6 is 0 Å². The predicted molar refractivity (Wildman–Crippen MR) is 104 cm³/mol. The number of carbonyl (C=O) groups excluding carboxylic acids is 1. The third-order valence-electron chi connectivity index (χ3n) is 5.29. The van der Waals surface area contributed by atoms with Crippen LogP contribution in [0.1, 0.15) is 52.1 Å². The molecule has 0 bridgehead atoms. The van der Waals surface area contributed by atoms with E-state index in [1.165, 1.54) is 0 Å². The maximum Gasteiger partial charge on any atom is 0.163 e. The van der Waals surface area contributed by atoms with Crippen LogP contribution in [0.4, 0.5) is 0 Å². The summed E-state index contributed by atoms with van der Waals surface area (Å²) in [5, 5.41) is 13.2. The zero-order valence-electron chi connectivity index (χ0n) is 16.3. The lowest BCUT2D eigenvalue weighted by Gasteiger charge is -2.36. The number of phenolic OH excluding ortho intramolecular Hbond substituents is 1. The second-order valence-corrected chi connectivity index (χ2v) is 7.94. The normalized spacial score (nSPS) is 26.0. The van der Waals surface area contributed by atoms with Gasteiger partial charge in [0.1, 0.15) is 5.75 Å². The maximum absolute atomic E-state index is 13.2. The minimum absolute atomic E-state index is 0.0553. The van der Waals surface area contributed by atoms with E-state index in [0.29, 0.717) is 6.42 Å². The number of carbonyl (C=O) groups is 1. The molecule has 0 spiro atoms. The summed E-state index contributed by atoms with van der Waals surface area (Å²) in [6, 6.07) is 7.00. The third kappa shape index (κ3) is 3.16. The highest BCUT2D eigenvalue weighted by Gasteiger charge is 2.40. The van der Waals surface area contributed by atoms with Crippen LogP contribution in [-0.2, 0) is 4.79 Å². The van der Waals surface area contributed by atoms with Crippen LogP contribution in [0, 0.1) is 5.41 Å². The molecule has 1 aliphatic carbocycles. The van der Waals surface area contributed by atoms with E-state index < -0.39 is 0 Å². The molecule has 0 fully saturated rings. The second kappa shape index (κ2) is 6.67. The summed E-state index contributed by atoms with van der Waals surface area (Å²) >= 11 is 0. The number of Topliss-reactive ketones (excluding diaryl/α,β-unsaturated/α-hetero) is 1. The van der Waals surface area contributed by atoms with E-state index in [1.54, 1.807) is 12.1 Å². The smallest absolute Gasteiger partial charge is 0.163 e. The third-order valence-corrected chi connectivity index (χ3v) is 5.29. The minimum atomic E-state index is -0.176. The molecule has 3 rings (SSSR count). The van der Waals surface area contributed by atoms with Gasteiger partial charge in [0.2, 0.25) is 0 Å². The summed E-state index contributed by atoms with van der Waals surface area (Å²) in [4.78, 5) is 15.3. The maximum atomic E-state index is 13.2. The van der Waals surface area contributed by atoms with Gasteiger partial charge in [-0.05, 0) is 43.4 Å². The summed E-state index contributed by atoms with van der Waals surface area (Å²) in [7, 11) is 2.03. The molecule has 0 aromatic heterocycles. The van der Waals surface area contributed by atoms with Crippen molar-refractivity contribution in [3.63, 3.8) is 0 Å². The van der Waals surface area contributed by atoms with Crippen molar-refractivity contribution < 1.29 is 9.90 Å². The number of aromatic hydroxyl groups is 1. The number of allylic oxidation sites excluding steroid dienone is 3. The topological polar surface area (TPSA) is 52.6 Å². The Hall–Kier alpha value is -2.49. The molecule has 0 saturated carbocycles. The van der Waals surface area contributed by atoms with Crippen molar-refractivity contribution in [2.24, 2.45) is 5.41 Å². The Kier molecular flexibility index (Phi) is 4.70. The van der Waals surface area contributed by atoms with E-state index >= 15 is 0 Å². The van der Waals surface area contributed by atoms with Crippen LogP contribution in [0.15, 0.2) is 59.1 Å². The largest absolute Gasteiger partial charge is 0.508 e. The van der Waals surface area contributed by atoms with Gasteiger partial charge in [-0.15, -0.1) is 0 Å². The van der Waals surface area contributed by atoms with E-state index in [9.17, 15) is 9.90 Å². The number of nitrogens with one attached hydrogen (secondary N) is 1. The van der Waals surface area contributed by atoms with Crippen molar-refractivity contribution in [3.8, 4) is 5.75 Å². The highest BCUT2D eigenvalue weighted by molar-refractivity contribution is 5.99. The van der Waals surface area contributed by atoms with Gasteiger partial charge in [0.15, 0.2) is 5.78 Å². The number of hydrogen-bond acceptors (Lipinski definition) is 4. The quantitative estimate of drug-likeness (QED) is 0.786. The zero-order valence-corrected chi connectivity index (χ0v) is 16.3. The van der Waals surface area contributed by atoms with E-state index in [2.05, 4.69) is 36.2 Å². The number of likely N-dealkylation sites (N-methyl/N-ethyl adjacent to an activating group) is 1. The highest BCUT2D eigenvalue weighted by Crippen LogP contribution is 2.45. The fraction of sp³-hybridized carbons (Fsp3) is 0.409. The van der Waals surface area contributed by atoms with E-state index in [0.717, 1.165) is 34.6 Å². The fourth-order valence-electron chi connectivity index (χ4n) is 4.14. The Morgan fingerprint density at radius 1 is 1.15 bits per heavy atom. The summed E-state index contributed by atoms with van der Waals surface area (Å²) in [5.74, 6) is 0.426. The number of benzene rings is 1. The molecule has 0 saturated heterocycles. The molecule has 1 aliphatic heterocycles. The van der Waals surface area contributed by atoms with Crippen LogP contribution in [0.25, 0.3) is 0 Å². The van der Waals surface area contributed by atoms with Gasteiger partial charge in [-0.3, -0.25) is 4.79 Å². The van der Waals surface area contributed by atoms with Gasteiger partial charge in [-0.1, -0.05) is 38.1 Å². The molecule has 1 aromatic rings. The number of hydrogen-bond donors (Lipinski definition) is 2. The van der Waals surface area contributed by atoms with Crippen molar-refractivity contribution >= 4 is 5.78 Å². The minimum Gasteiger partial charge on any atom is -0.508 e. The Morgan fingerprint density at radius 3 is 2.38 bits per heavy atom. The molecule has 0 radical (unpaired) electrons. The first kappa shape index (κ1) is 18.3. The lowest BCUT2D eigenvalue weighted by Crippen LogP contribution is -2.33. The van der Waals surface area contributed by atoms with Gasteiger partial charge in [0.25, 0.3) is 0 Å². The Balaban J connectivity index is 2.23. The molecular formula is C22H28N2O2. The van der Waals surface area contributed by atoms with Crippen molar-refractivity contribution in [1.82, 2.24) is 10.2 Å². The molecule has 1 heterocycles. The summed E-state index contributed by atoms with van der Waals surface area (Å²) in [6.07, 6.45) is 5.52. The molecule has 2 N–H and O–H groups in total. The van der Waals surface area contributed by atoms with E-state index in [1.807, 2.05) is 33.0 Å². The van der Waals surface area contributed by atoms with Crippen molar-refractivity contribution in [3.05, 3.63) is 64.6 Å². The van der Waals surface area contributed by atoms with Gasteiger partial charge in [-0.25, -0.2) is 0 Å². The van der Waals surface area contributed by atoms with Gasteiger partial charge >= 0.3 is 0 Å². The molecule has 4 nitrogen and oxygen atoms in total. The molecular weight excluding hydrogens is 324 g/mol. The van der Waals surface area contributed by atoms with Gasteiger partial charge < -0.3 is 15.3 Å². The van der Waals surface area contributed by atoms with Crippen LogP contribution in [-0.4, -0.2) is 22.8 Å². The Morgan fingerprint density at radius 2 is 1.81 bits per heavy atom. The summed E-state index contributed by atoms with van der Waals surface area (Å²) in [5.41, 5.74) is 4.89. The molecule has 1 aromatic carbocycles. The lowest BCUT2D eigenvalue weighted by molar-refractivity contribution is -0.118. The van der Waals surface area contributed by atoms with Crippen molar-refractivity contribution in [1.29, 1.82) is 0 Å². The zero-order chi connectivity index (χ0) is 19.1. The molecule has 26 heavy (non-hydrogen) atoms. The average Bonchev–Trinajstić information content (AvgIpc) is 2.68. The monoisotopic (exact) mass is 352 g/mol. The van der Waals surface area contributed by atoms with Crippen molar-refractivity contribution in [2.75, 3.05) is 7.05 Å². The number of phenols is 1. The lowest BCUT2D eigenvalue weighted by atomic mass is 9.73. The second-order valence-electron chi connectivity index (χ2n) is 7.94. The first-order valence-electron chi connectivity index (χ1n) is 9.15. The van der Waals surface area contributed by atoms with Gasteiger partial charge in [0, 0.05) is 24.7 Å². The molecule has 1 atom stereocenters. The molecule has 1 unspecified atom stereocenters. The number of nitrogens with zero attached hydrogens (tertiary/aromatic N) is 1. The Bertz CT molecular complexity index is 813. The standard InChI is InChI=1S/C22H28N2O2/c1-6-16-18(7-2)24(5)21(14-8-10-15(25)11-9-14)20-17(23-16)12-22(3,4)13-19(20)26/h6-11,21,23,25H,12-13H2,1-5H3/b16-6+,18-7+. The molecule has 0 amide bonds. The van der Waals surface area contributed by atoms with Crippen LogP contribution < -0.4 is 5.32 Å². The first-order chi connectivity index (χ1) is 12.3. The average molecular weight is 352 g/mol. The molecule has 2 aliphatic rings. The van der Waals surface area contributed by atoms with E-state index in [-0.39, 0.29) is 23.0 Å². The number of ketones is 1. The summed E-state index contributed by atoms with van der Waals surface area (Å²) in [6.45, 7) is 8.32. The predicted octanol–water partition coefficient (Wildman–Crippen LogP) is 4.42. The van der Waals surface area contributed by atoms with Gasteiger partial charge in [0.05, 0.1) is 17.4 Å². The fourth-order valence-corrected chi connectivity index (χ4v) is 4.14. The van der Waals surface area contributed by atoms with Crippen LogP contribution in [0.3, 0.4) is 0 Å². The van der Waals surface area contributed by atoms with Crippen molar-refractivity contribution in [2.45, 2.75) is 46.6 Å². The first-order valence-corrected chi connectivity index (χ1v) is 9.15. The Labute approximate surface area is 155 Å². The molecule has 4 heteroatoms. The number of rotatable bonds is 1.